The number of nitro benzene ring substituents is 1. The molecule has 0 aliphatic heterocycles. The molecule has 2 aromatic carbocycles. The quantitative estimate of drug-likeness (QED) is 0.356. The van der Waals surface area contributed by atoms with Gasteiger partial charge in [0.1, 0.15) is 5.56 Å². The third-order valence-electron chi connectivity index (χ3n) is 4.38. The number of aryl methyl sites for hydroxylation is 1. The molecule has 0 saturated heterocycles. The van der Waals surface area contributed by atoms with E-state index in [9.17, 15) is 14.9 Å². The summed E-state index contributed by atoms with van der Waals surface area (Å²) in [7, 11) is 4.83. The maximum absolute atomic E-state index is 12.7. The van der Waals surface area contributed by atoms with Crippen LogP contribution in [0.3, 0.4) is 0 Å². The Hall–Kier alpha value is -2.74. The number of nitro groups is 1. The number of amides is 1. The Morgan fingerprint density at radius 2 is 1.86 bits per heavy atom. The molecule has 7 nitrogen and oxygen atoms in total. The number of benzene rings is 2. The number of hydrogen-bond acceptors (Lipinski definition) is 6. The van der Waals surface area contributed by atoms with Crippen LogP contribution in [0, 0.1) is 10.1 Å². The van der Waals surface area contributed by atoms with Crippen LogP contribution in [-0.4, -0.2) is 49.8 Å². The summed E-state index contributed by atoms with van der Waals surface area (Å²) >= 11 is 1.44. The molecule has 150 valence electrons. The molecule has 2 rings (SSSR count). The minimum absolute atomic E-state index is 0.116. The van der Waals surface area contributed by atoms with Gasteiger partial charge in [-0.25, -0.2) is 0 Å². The van der Waals surface area contributed by atoms with Crippen LogP contribution in [0.2, 0.25) is 0 Å². The van der Waals surface area contributed by atoms with Gasteiger partial charge in [-0.15, -0.1) is 11.8 Å². The lowest BCUT2D eigenvalue weighted by atomic mass is 10.1. The van der Waals surface area contributed by atoms with E-state index in [1.165, 1.54) is 22.7 Å². The lowest BCUT2D eigenvalue weighted by Gasteiger charge is -2.18. The number of carbonyl (C=O) groups excluding carboxylic acids is 1. The fourth-order valence-corrected chi connectivity index (χ4v) is 3.28. The van der Waals surface area contributed by atoms with Crippen molar-refractivity contribution in [3.63, 3.8) is 0 Å². The van der Waals surface area contributed by atoms with Crippen molar-refractivity contribution in [3.05, 3.63) is 57.6 Å². The summed E-state index contributed by atoms with van der Waals surface area (Å²) in [4.78, 5) is 25.8. The molecule has 2 aromatic rings. The summed E-state index contributed by atoms with van der Waals surface area (Å²) in [5.41, 5.74) is 1.01. The number of thioether (sulfide) groups is 1. The zero-order chi connectivity index (χ0) is 20.7. The van der Waals surface area contributed by atoms with Gasteiger partial charge in [0.25, 0.3) is 11.6 Å². The highest BCUT2D eigenvalue weighted by Gasteiger charge is 2.23. The van der Waals surface area contributed by atoms with Crippen molar-refractivity contribution in [2.24, 2.45) is 0 Å². The van der Waals surface area contributed by atoms with E-state index >= 15 is 0 Å². The Morgan fingerprint density at radius 1 is 1.14 bits per heavy atom. The van der Waals surface area contributed by atoms with Gasteiger partial charge in [-0.05, 0) is 48.9 Å². The molecule has 0 N–H and O–H groups in total. The molecular weight excluding hydrogens is 380 g/mol. The summed E-state index contributed by atoms with van der Waals surface area (Å²) in [5, 5.41) is 11.3. The Bertz CT molecular complexity index is 856. The Labute approximate surface area is 168 Å². The van der Waals surface area contributed by atoms with Crippen LogP contribution in [0.4, 0.5) is 5.69 Å². The van der Waals surface area contributed by atoms with Gasteiger partial charge in [0.05, 0.1) is 19.1 Å². The molecule has 0 aromatic heterocycles. The molecule has 0 aliphatic carbocycles. The first-order chi connectivity index (χ1) is 13.4. The van der Waals surface area contributed by atoms with E-state index in [0.29, 0.717) is 24.5 Å². The van der Waals surface area contributed by atoms with E-state index in [1.807, 2.05) is 24.5 Å². The average molecular weight is 404 g/mol. The molecule has 1 amide bonds. The van der Waals surface area contributed by atoms with Crippen LogP contribution in [0.15, 0.2) is 41.3 Å². The number of hydrogen-bond donors (Lipinski definition) is 0. The zero-order valence-corrected chi connectivity index (χ0v) is 17.2. The second kappa shape index (κ2) is 9.98. The van der Waals surface area contributed by atoms with Crippen LogP contribution in [0.25, 0.3) is 0 Å². The molecule has 28 heavy (non-hydrogen) atoms. The largest absolute Gasteiger partial charge is 0.493 e. The fraction of sp³-hybridized carbons (Fsp3) is 0.350. The summed E-state index contributed by atoms with van der Waals surface area (Å²) in [6, 6.07) is 10.3. The van der Waals surface area contributed by atoms with Crippen LogP contribution in [0.1, 0.15) is 22.3 Å². The molecule has 0 spiro atoms. The normalized spacial score (nSPS) is 10.4. The van der Waals surface area contributed by atoms with Crippen molar-refractivity contribution in [1.82, 2.24) is 4.90 Å². The second-order valence-corrected chi connectivity index (χ2v) is 7.04. The average Bonchev–Trinajstić information content (AvgIpc) is 2.72. The SMILES string of the molecule is COc1ccc(CCCN(C)C(=O)c2cc(SC)ccc2[N+](=O)[O-])cc1OC. The fourth-order valence-electron chi connectivity index (χ4n) is 2.84. The van der Waals surface area contributed by atoms with Gasteiger partial charge in [-0.1, -0.05) is 6.07 Å². The van der Waals surface area contributed by atoms with E-state index in [4.69, 9.17) is 9.47 Å². The van der Waals surface area contributed by atoms with Crippen LogP contribution >= 0.6 is 11.8 Å². The topological polar surface area (TPSA) is 81.9 Å². The van der Waals surface area contributed by atoms with Crippen molar-refractivity contribution in [3.8, 4) is 11.5 Å². The van der Waals surface area contributed by atoms with Gasteiger partial charge in [0.15, 0.2) is 11.5 Å². The van der Waals surface area contributed by atoms with Crippen LogP contribution in [-0.2, 0) is 6.42 Å². The highest BCUT2D eigenvalue weighted by atomic mass is 32.2. The van der Waals surface area contributed by atoms with E-state index in [1.54, 1.807) is 33.4 Å². The molecule has 0 aliphatic rings. The second-order valence-electron chi connectivity index (χ2n) is 6.16. The maximum atomic E-state index is 12.7. The summed E-state index contributed by atoms with van der Waals surface area (Å²) in [5.74, 6) is 0.975. The Balaban J connectivity index is 2.04. The Morgan fingerprint density at radius 3 is 2.46 bits per heavy atom. The van der Waals surface area contributed by atoms with Gasteiger partial charge < -0.3 is 14.4 Å². The molecule has 0 bridgehead atoms. The van der Waals surface area contributed by atoms with Crippen molar-refractivity contribution in [2.75, 3.05) is 34.1 Å². The van der Waals surface area contributed by atoms with Crippen molar-refractivity contribution in [1.29, 1.82) is 0 Å². The molecule has 0 atom stereocenters. The predicted octanol–water partition coefficient (Wildman–Crippen LogP) is 4.04. The van der Waals surface area contributed by atoms with Gasteiger partial charge >= 0.3 is 0 Å². The number of nitrogens with zero attached hydrogens (tertiary/aromatic N) is 2. The number of ether oxygens (including phenoxy) is 2. The van der Waals surface area contributed by atoms with E-state index < -0.39 is 4.92 Å². The summed E-state index contributed by atoms with van der Waals surface area (Å²) in [6.07, 6.45) is 3.32. The predicted molar refractivity (Wildman–Crippen MR) is 110 cm³/mol. The molecule has 0 fully saturated rings. The summed E-state index contributed by atoms with van der Waals surface area (Å²) < 4.78 is 10.5. The molecule has 8 heteroatoms. The summed E-state index contributed by atoms with van der Waals surface area (Å²) in [6.45, 7) is 0.480. The monoisotopic (exact) mass is 404 g/mol. The van der Waals surface area contributed by atoms with Crippen LogP contribution < -0.4 is 9.47 Å². The van der Waals surface area contributed by atoms with E-state index in [0.717, 1.165) is 16.9 Å². The lowest BCUT2D eigenvalue weighted by Crippen LogP contribution is -2.28. The van der Waals surface area contributed by atoms with Crippen molar-refractivity contribution in [2.45, 2.75) is 17.7 Å². The molecule has 0 radical (unpaired) electrons. The first kappa shape index (κ1) is 21.6. The lowest BCUT2D eigenvalue weighted by molar-refractivity contribution is -0.385. The minimum atomic E-state index is -0.519. The van der Waals surface area contributed by atoms with E-state index in [-0.39, 0.29) is 17.2 Å². The van der Waals surface area contributed by atoms with Gasteiger partial charge in [0.2, 0.25) is 0 Å². The maximum Gasteiger partial charge on any atom is 0.282 e. The van der Waals surface area contributed by atoms with Gasteiger partial charge in [0, 0.05) is 24.6 Å². The first-order valence-corrected chi connectivity index (χ1v) is 9.92. The van der Waals surface area contributed by atoms with E-state index in [2.05, 4.69) is 0 Å². The van der Waals surface area contributed by atoms with Gasteiger partial charge in [-0.2, -0.15) is 0 Å². The number of rotatable bonds is 9. The molecule has 0 heterocycles. The third-order valence-corrected chi connectivity index (χ3v) is 5.11. The zero-order valence-electron chi connectivity index (χ0n) is 16.4. The molecule has 0 saturated carbocycles. The highest BCUT2D eigenvalue weighted by Crippen LogP contribution is 2.28. The Kier molecular flexibility index (Phi) is 7.69. The van der Waals surface area contributed by atoms with Gasteiger partial charge in [-0.3, -0.25) is 14.9 Å². The first-order valence-electron chi connectivity index (χ1n) is 8.70. The number of methoxy groups -OCH3 is 2. The smallest absolute Gasteiger partial charge is 0.282 e. The third kappa shape index (κ3) is 5.16. The van der Waals surface area contributed by atoms with Crippen molar-refractivity contribution >= 4 is 23.4 Å². The molecular formula is C20H24N2O5S. The standard InChI is InChI=1S/C20H24N2O5S/c1-21(11-5-6-14-7-10-18(26-2)19(12-14)27-3)20(23)16-13-15(28-4)8-9-17(16)22(24)25/h7-10,12-13H,5-6,11H2,1-4H3. The van der Waals surface area contributed by atoms with Crippen LogP contribution in [0.5, 0.6) is 11.5 Å². The number of carbonyl (C=O) groups is 1. The minimum Gasteiger partial charge on any atom is -0.493 e. The highest BCUT2D eigenvalue weighted by molar-refractivity contribution is 7.98. The van der Waals surface area contributed by atoms with Crippen molar-refractivity contribution < 1.29 is 19.2 Å². The molecule has 0 unspecified atom stereocenters.